The number of pyridine rings is 1. The van der Waals surface area contributed by atoms with Gasteiger partial charge in [-0.05, 0) is 54.3 Å². The number of anilines is 2. The summed E-state index contributed by atoms with van der Waals surface area (Å²) in [6.45, 7) is 8.50. The number of ketones is 1. The number of rotatable bonds is 8. The Balaban J connectivity index is 1.06. The number of piperazine rings is 1. The maximum atomic E-state index is 13.4. The molecule has 1 atom stereocenters. The van der Waals surface area contributed by atoms with Crippen molar-refractivity contribution in [1.29, 1.82) is 0 Å². The first-order valence-corrected chi connectivity index (χ1v) is 14.8. The minimum absolute atomic E-state index is 0.0351. The number of carbonyl (C=O) groups is 5. The van der Waals surface area contributed by atoms with Gasteiger partial charge in [0.2, 0.25) is 11.8 Å². The third-order valence-corrected chi connectivity index (χ3v) is 8.60. The molecule has 2 fully saturated rings. The van der Waals surface area contributed by atoms with Gasteiger partial charge in [-0.25, -0.2) is 0 Å². The van der Waals surface area contributed by atoms with Gasteiger partial charge >= 0.3 is 0 Å². The molecule has 1 aromatic heterocycles. The molecule has 11 nitrogen and oxygen atoms in total. The van der Waals surface area contributed by atoms with Crippen LogP contribution in [0.3, 0.4) is 0 Å². The molecule has 1 unspecified atom stereocenters. The molecule has 3 aliphatic heterocycles. The van der Waals surface area contributed by atoms with Crippen molar-refractivity contribution in [2.75, 3.05) is 36.4 Å². The monoisotopic (exact) mass is 594 g/mol. The number of fused-ring (bicyclic) bond motifs is 1. The largest absolute Gasteiger partial charge is 0.380 e. The molecular formula is C33H34N6O5. The quantitative estimate of drug-likeness (QED) is 0.298. The van der Waals surface area contributed by atoms with Crippen molar-refractivity contribution in [3.63, 3.8) is 0 Å². The Labute approximate surface area is 255 Å². The number of aromatic nitrogens is 1. The van der Waals surface area contributed by atoms with Gasteiger partial charge in [-0.15, -0.1) is 0 Å². The van der Waals surface area contributed by atoms with Crippen LogP contribution in [0.4, 0.5) is 11.4 Å². The Bertz CT molecular complexity index is 1660. The second-order valence-electron chi connectivity index (χ2n) is 11.5. The van der Waals surface area contributed by atoms with Crippen molar-refractivity contribution < 1.29 is 24.0 Å². The normalized spacial score (nSPS) is 18.8. The number of piperidine rings is 1. The molecule has 2 N–H and O–H groups in total. The number of benzene rings is 2. The Morgan fingerprint density at radius 3 is 2.48 bits per heavy atom. The average Bonchev–Trinajstić information content (AvgIpc) is 3.27. The van der Waals surface area contributed by atoms with Gasteiger partial charge in [-0.3, -0.25) is 44.1 Å². The second kappa shape index (κ2) is 12.0. The van der Waals surface area contributed by atoms with Gasteiger partial charge < -0.3 is 10.2 Å². The number of hydrogen-bond donors (Lipinski definition) is 2. The zero-order valence-corrected chi connectivity index (χ0v) is 24.8. The number of Topliss-reactive ketones (excluding diaryl/α,β-unsaturated/α-hetero) is 1. The van der Waals surface area contributed by atoms with Crippen LogP contribution in [-0.4, -0.2) is 76.4 Å². The molecule has 0 bridgehead atoms. The SMILES string of the molecule is CC(=O)c1ccc(N2CCN(Cc3ccc(CNc4cccc5c4C(=O)N(C4CCC(=O)NC4=O)C5=O)cc3C)CC2)cn1. The Kier molecular flexibility index (Phi) is 7.96. The molecule has 44 heavy (non-hydrogen) atoms. The molecule has 11 heteroatoms. The van der Waals surface area contributed by atoms with E-state index in [2.05, 4.69) is 50.5 Å². The summed E-state index contributed by atoms with van der Waals surface area (Å²) in [4.78, 5) is 72.0. The molecular weight excluding hydrogens is 560 g/mol. The summed E-state index contributed by atoms with van der Waals surface area (Å²) in [6, 6.07) is 14.1. The van der Waals surface area contributed by atoms with Crippen LogP contribution in [0.15, 0.2) is 54.7 Å². The van der Waals surface area contributed by atoms with Crippen LogP contribution in [-0.2, 0) is 22.7 Å². The first kappa shape index (κ1) is 29.2. The molecule has 0 spiro atoms. The summed E-state index contributed by atoms with van der Waals surface area (Å²) in [6.07, 6.45) is 1.97. The van der Waals surface area contributed by atoms with E-state index in [0.29, 0.717) is 17.9 Å². The molecule has 2 aromatic carbocycles. The second-order valence-corrected chi connectivity index (χ2v) is 11.5. The van der Waals surface area contributed by atoms with Gasteiger partial charge in [-0.2, -0.15) is 0 Å². The maximum Gasteiger partial charge on any atom is 0.264 e. The summed E-state index contributed by atoms with van der Waals surface area (Å²) < 4.78 is 0. The predicted molar refractivity (Wildman–Crippen MR) is 163 cm³/mol. The highest BCUT2D eigenvalue weighted by Gasteiger charge is 2.45. The lowest BCUT2D eigenvalue weighted by atomic mass is 10.0. The maximum absolute atomic E-state index is 13.4. The number of amides is 4. The summed E-state index contributed by atoms with van der Waals surface area (Å²) in [5.74, 6) is -2.11. The van der Waals surface area contributed by atoms with E-state index in [1.807, 2.05) is 6.07 Å². The van der Waals surface area contributed by atoms with Crippen LogP contribution >= 0.6 is 0 Å². The summed E-state index contributed by atoms with van der Waals surface area (Å²) >= 11 is 0. The van der Waals surface area contributed by atoms with Crippen LogP contribution < -0.4 is 15.5 Å². The lowest BCUT2D eigenvalue weighted by Gasteiger charge is -2.36. The molecule has 4 amide bonds. The first-order chi connectivity index (χ1) is 21.2. The van der Waals surface area contributed by atoms with E-state index in [1.54, 1.807) is 30.5 Å². The smallest absolute Gasteiger partial charge is 0.264 e. The highest BCUT2D eigenvalue weighted by Crippen LogP contribution is 2.32. The fourth-order valence-electron chi connectivity index (χ4n) is 6.09. The fourth-order valence-corrected chi connectivity index (χ4v) is 6.09. The van der Waals surface area contributed by atoms with Gasteiger partial charge in [-0.1, -0.05) is 24.3 Å². The Hall–Kier alpha value is -4.90. The van der Waals surface area contributed by atoms with E-state index in [9.17, 15) is 24.0 Å². The lowest BCUT2D eigenvalue weighted by Crippen LogP contribution is -2.54. The number of carbonyl (C=O) groups excluding carboxylic acids is 5. The van der Waals surface area contributed by atoms with Crippen molar-refractivity contribution in [3.8, 4) is 0 Å². The van der Waals surface area contributed by atoms with Crippen LogP contribution in [0, 0.1) is 6.92 Å². The molecule has 2 saturated heterocycles. The summed E-state index contributed by atoms with van der Waals surface area (Å²) in [7, 11) is 0. The molecule has 3 aliphatic rings. The zero-order chi connectivity index (χ0) is 31.0. The third-order valence-electron chi connectivity index (χ3n) is 8.60. The van der Waals surface area contributed by atoms with Gasteiger partial charge in [0.15, 0.2) is 5.78 Å². The van der Waals surface area contributed by atoms with Gasteiger partial charge in [0, 0.05) is 58.3 Å². The van der Waals surface area contributed by atoms with Crippen molar-refractivity contribution >= 4 is 40.8 Å². The van der Waals surface area contributed by atoms with Crippen LogP contribution in [0.5, 0.6) is 0 Å². The van der Waals surface area contributed by atoms with Gasteiger partial charge in [0.25, 0.3) is 11.8 Å². The molecule has 0 saturated carbocycles. The predicted octanol–water partition coefficient (Wildman–Crippen LogP) is 2.93. The molecule has 0 aliphatic carbocycles. The number of nitrogens with zero attached hydrogens (tertiary/aromatic N) is 4. The zero-order valence-electron chi connectivity index (χ0n) is 24.8. The van der Waals surface area contributed by atoms with E-state index in [-0.39, 0.29) is 29.8 Å². The minimum atomic E-state index is -0.998. The topological polar surface area (TPSA) is 132 Å². The van der Waals surface area contributed by atoms with E-state index in [4.69, 9.17) is 0 Å². The van der Waals surface area contributed by atoms with Gasteiger partial charge in [0.1, 0.15) is 11.7 Å². The highest BCUT2D eigenvalue weighted by molar-refractivity contribution is 6.25. The standard InChI is InChI=1S/C33H34N6O5/c1-20-16-22(6-7-23(20)19-37-12-14-38(15-13-37)24-8-9-26(21(2)40)35-18-24)17-34-27-5-3-4-25-30(27)33(44)39(32(25)43)28-10-11-29(41)36-31(28)42/h3-9,16,18,28,34H,10-15,17,19H2,1-2H3,(H,36,41,42). The molecule has 226 valence electrons. The van der Waals surface area contributed by atoms with E-state index in [0.717, 1.165) is 48.9 Å². The summed E-state index contributed by atoms with van der Waals surface area (Å²) in [5.41, 5.74) is 5.99. The molecule has 4 heterocycles. The van der Waals surface area contributed by atoms with E-state index >= 15 is 0 Å². The van der Waals surface area contributed by atoms with Crippen LogP contribution in [0.25, 0.3) is 0 Å². The number of nitrogens with one attached hydrogen (secondary N) is 2. The molecule has 6 rings (SSSR count). The highest BCUT2D eigenvalue weighted by atomic mass is 16.2. The summed E-state index contributed by atoms with van der Waals surface area (Å²) in [5, 5.41) is 5.55. The van der Waals surface area contributed by atoms with Crippen molar-refractivity contribution in [1.82, 2.24) is 20.1 Å². The van der Waals surface area contributed by atoms with Gasteiger partial charge in [0.05, 0.1) is 23.0 Å². The first-order valence-electron chi connectivity index (χ1n) is 14.8. The number of hydrogen-bond acceptors (Lipinski definition) is 9. The lowest BCUT2D eigenvalue weighted by molar-refractivity contribution is -0.136. The minimum Gasteiger partial charge on any atom is -0.380 e. The van der Waals surface area contributed by atoms with E-state index < -0.39 is 29.7 Å². The van der Waals surface area contributed by atoms with Crippen LogP contribution in [0.2, 0.25) is 0 Å². The third kappa shape index (κ3) is 5.70. The van der Waals surface area contributed by atoms with Crippen molar-refractivity contribution in [2.24, 2.45) is 0 Å². The van der Waals surface area contributed by atoms with Crippen molar-refractivity contribution in [2.45, 2.75) is 45.8 Å². The van der Waals surface area contributed by atoms with Crippen molar-refractivity contribution in [3.05, 3.63) is 88.2 Å². The average molecular weight is 595 g/mol. The number of aryl methyl sites for hydroxylation is 1. The Morgan fingerprint density at radius 2 is 1.80 bits per heavy atom. The number of imide groups is 2. The molecule has 0 radical (unpaired) electrons. The Morgan fingerprint density at radius 1 is 1.00 bits per heavy atom. The van der Waals surface area contributed by atoms with E-state index in [1.165, 1.54) is 18.1 Å². The molecule has 3 aromatic rings. The fraction of sp³-hybridized carbons (Fsp3) is 0.333. The van der Waals surface area contributed by atoms with Crippen LogP contribution in [0.1, 0.15) is 67.7 Å².